The summed E-state index contributed by atoms with van der Waals surface area (Å²) >= 11 is 0. The number of imidazole rings is 1. The molecule has 100 valence electrons. The Bertz CT molecular complexity index is 358. The molecule has 18 heavy (non-hydrogen) atoms. The number of carbonyl (C=O) groups excluding carboxylic acids is 1. The van der Waals surface area contributed by atoms with Crippen molar-refractivity contribution in [3.05, 3.63) is 18.7 Å². The zero-order valence-corrected chi connectivity index (χ0v) is 10.9. The molecule has 1 saturated heterocycles. The molecule has 0 bridgehead atoms. The van der Waals surface area contributed by atoms with E-state index in [0.717, 1.165) is 25.9 Å². The van der Waals surface area contributed by atoms with Crippen molar-refractivity contribution in [3.63, 3.8) is 0 Å². The van der Waals surface area contributed by atoms with Gasteiger partial charge in [0.05, 0.1) is 19.5 Å². The third kappa shape index (κ3) is 3.32. The molecule has 2 rings (SSSR count). The first-order valence-corrected chi connectivity index (χ1v) is 6.64. The van der Waals surface area contributed by atoms with Crippen molar-refractivity contribution in [3.8, 4) is 0 Å². The standard InChI is InChI=1S/C13H21N3O2/c1-2-3-12(16-5-4-14-11-16)10-13(17)15-6-8-18-9-7-15/h4-5,11-12H,2-3,6-10H2,1H3. The normalized spacial score (nSPS) is 17.7. The highest BCUT2D eigenvalue weighted by molar-refractivity contribution is 5.76. The molecule has 1 atom stereocenters. The first-order chi connectivity index (χ1) is 8.81. The molecule has 0 N–H and O–H groups in total. The lowest BCUT2D eigenvalue weighted by atomic mass is 10.1. The van der Waals surface area contributed by atoms with E-state index in [0.29, 0.717) is 19.6 Å². The third-order valence-electron chi connectivity index (χ3n) is 3.34. The SMILES string of the molecule is CCCC(CC(=O)N1CCOCC1)n1ccnc1. The summed E-state index contributed by atoms with van der Waals surface area (Å²) in [5.74, 6) is 0.227. The van der Waals surface area contributed by atoms with E-state index >= 15 is 0 Å². The monoisotopic (exact) mass is 251 g/mol. The number of rotatable bonds is 5. The number of morpholine rings is 1. The van der Waals surface area contributed by atoms with Gasteiger partial charge in [-0.2, -0.15) is 0 Å². The Labute approximate surface area is 108 Å². The molecule has 1 amide bonds. The Morgan fingerprint density at radius 2 is 2.22 bits per heavy atom. The fraction of sp³-hybridized carbons (Fsp3) is 0.692. The number of amides is 1. The van der Waals surface area contributed by atoms with Gasteiger partial charge in [0.25, 0.3) is 0 Å². The van der Waals surface area contributed by atoms with Crippen LogP contribution in [0.5, 0.6) is 0 Å². The number of carbonyl (C=O) groups is 1. The van der Waals surface area contributed by atoms with Gasteiger partial charge in [0.2, 0.25) is 5.91 Å². The fourth-order valence-electron chi connectivity index (χ4n) is 2.32. The van der Waals surface area contributed by atoms with Crippen molar-refractivity contribution in [2.45, 2.75) is 32.2 Å². The van der Waals surface area contributed by atoms with Crippen molar-refractivity contribution < 1.29 is 9.53 Å². The van der Waals surface area contributed by atoms with Crippen LogP contribution in [0.1, 0.15) is 32.2 Å². The zero-order valence-electron chi connectivity index (χ0n) is 10.9. The zero-order chi connectivity index (χ0) is 12.8. The van der Waals surface area contributed by atoms with Crippen LogP contribution < -0.4 is 0 Å². The predicted octanol–water partition coefficient (Wildman–Crippen LogP) is 1.47. The van der Waals surface area contributed by atoms with Crippen LogP contribution in [0.25, 0.3) is 0 Å². The fourth-order valence-corrected chi connectivity index (χ4v) is 2.32. The second-order valence-electron chi connectivity index (χ2n) is 4.65. The highest BCUT2D eigenvalue weighted by atomic mass is 16.5. The Kier molecular flexibility index (Phi) is 4.75. The number of aromatic nitrogens is 2. The number of hydrogen-bond acceptors (Lipinski definition) is 3. The van der Waals surface area contributed by atoms with E-state index in [1.54, 1.807) is 12.5 Å². The summed E-state index contributed by atoms with van der Waals surface area (Å²) in [5.41, 5.74) is 0. The highest BCUT2D eigenvalue weighted by Gasteiger charge is 2.21. The predicted molar refractivity (Wildman–Crippen MR) is 68.2 cm³/mol. The molecular formula is C13H21N3O2. The Balaban J connectivity index is 1.93. The molecule has 0 spiro atoms. The van der Waals surface area contributed by atoms with Crippen LogP contribution in [0, 0.1) is 0 Å². The molecule has 1 aliphatic heterocycles. The number of nitrogens with zero attached hydrogens (tertiary/aromatic N) is 3. The van der Waals surface area contributed by atoms with Gasteiger partial charge in [-0.25, -0.2) is 4.98 Å². The van der Waals surface area contributed by atoms with Gasteiger partial charge in [-0.1, -0.05) is 13.3 Å². The molecule has 1 unspecified atom stereocenters. The summed E-state index contributed by atoms with van der Waals surface area (Å²) in [4.78, 5) is 18.2. The molecule has 1 aromatic rings. The minimum atomic E-state index is 0.227. The highest BCUT2D eigenvalue weighted by Crippen LogP contribution is 2.19. The minimum Gasteiger partial charge on any atom is -0.378 e. The maximum Gasteiger partial charge on any atom is 0.224 e. The summed E-state index contributed by atoms with van der Waals surface area (Å²) in [5, 5.41) is 0. The van der Waals surface area contributed by atoms with E-state index in [4.69, 9.17) is 4.74 Å². The van der Waals surface area contributed by atoms with Gasteiger partial charge in [-0.3, -0.25) is 4.79 Å². The van der Waals surface area contributed by atoms with Gasteiger partial charge in [0.15, 0.2) is 0 Å². The molecule has 1 aromatic heterocycles. The average molecular weight is 251 g/mol. The Morgan fingerprint density at radius 1 is 1.44 bits per heavy atom. The topological polar surface area (TPSA) is 47.4 Å². The number of ether oxygens (including phenoxy) is 1. The summed E-state index contributed by atoms with van der Waals surface area (Å²) in [7, 11) is 0. The molecular weight excluding hydrogens is 230 g/mol. The van der Waals surface area contributed by atoms with Crippen molar-refractivity contribution in [1.29, 1.82) is 0 Å². The van der Waals surface area contributed by atoms with Gasteiger partial charge < -0.3 is 14.2 Å². The van der Waals surface area contributed by atoms with Crippen molar-refractivity contribution >= 4 is 5.91 Å². The van der Waals surface area contributed by atoms with Gasteiger partial charge in [0, 0.05) is 37.9 Å². The van der Waals surface area contributed by atoms with E-state index in [9.17, 15) is 4.79 Å². The van der Waals surface area contributed by atoms with E-state index in [-0.39, 0.29) is 11.9 Å². The largest absolute Gasteiger partial charge is 0.378 e. The molecule has 5 heteroatoms. The van der Waals surface area contributed by atoms with Crippen molar-refractivity contribution in [2.75, 3.05) is 26.3 Å². The van der Waals surface area contributed by atoms with Gasteiger partial charge in [-0.15, -0.1) is 0 Å². The van der Waals surface area contributed by atoms with E-state index < -0.39 is 0 Å². The van der Waals surface area contributed by atoms with Crippen LogP contribution in [0.2, 0.25) is 0 Å². The van der Waals surface area contributed by atoms with Gasteiger partial charge >= 0.3 is 0 Å². The molecule has 0 saturated carbocycles. The smallest absolute Gasteiger partial charge is 0.224 e. The second-order valence-corrected chi connectivity index (χ2v) is 4.65. The summed E-state index contributed by atoms with van der Waals surface area (Å²) in [6.45, 7) is 4.91. The van der Waals surface area contributed by atoms with Gasteiger partial charge in [-0.05, 0) is 6.42 Å². The quantitative estimate of drug-likeness (QED) is 0.796. The molecule has 1 fully saturated rings. The summed E-state index contributed by atoms with van der Waals surface area (Å²) < 4.78 is 7.31. The summed E-state index contributed by atoms with van der Waals surface area (Å²) in [6.07, 6.45) is 8.14. The third-order valence-corrected chi connectivity index (χ3v) is 3.34. The van der Waals surface area contributed by atoms with Crippen LogP contribution in [0.3, 0.4) is 0 Å². The van der Waals surface area contributed by atoms with Crippen molar-refractivity contribution in [1.82, 2.24) is 14.5 Å². The minimum absolute atomic E-state index is 0.227. The van der Waals surface area contributed by atoms with Crippen LogP contribution in [-0.2, 0) is 9.53 Å². The maximum atomic E-state index is 12.2. The Hall–Kier alpha value is -1.36. The maximum absolute atomic E-state index is 12.2. The average Bonchev–Trinajstić information content (AvgIpc) is 2.93. The van der Waals surface area contributed by atoms with Gasteiger partial charge in [0.1, 0.15) is 0 Å². The second kappa shape index (κ2) is 6.54. The molecule has 1 aliphatic rings. The lowest BCUT2D eigenvalue weighted by molar-refractivity contribution is -0.136. The van der Waals surface area contributed by atoms with E-state index in [1.165, 1.54) is 0 Å². The first kappa shape index (κ1) is 13.1. The molecule has 2 heterocycles. The van der Waals surface area contributed by atoms with Crippen LogP contribution in [-0.4, -0.2) is 46.7 Å². The van der Waals surface area contributed by atoms with Crippen LogP contribution >= 0.6 is 0 Å². The van der Waals surface area contributed by atoms with Crippen LogP contribution in [0.4, 0.5) is 0 Å². The molecule has 0 radical (unpaired) electrons. The Morgan fingerprint density at radius 3 is 2.83 bits per heavy atom. The molecule has 0 aromatic carbocycles. The van der Waals surface area contributed by atoms with Crippen molar-refractivity contribution in [2.24, 2.45) is 0 Å². The lowest BCUT2D eigenvalue weighted by Crippen LogP contribution is -2.41. The first-order valence-electron chi connectivity index (χ1n) is 6.64. The molecule has 0 aliphatic carbocycles. The summed E-state index contributed by atoms with van der Waals surface area (Å²) in [6, 6.07) is 0.229. The van der Waals surface area contributed by atoms with E-state index in [2.05, 4.69) is 11.9 Å². The lowest BCUT2D eigenvalue weighted by Gasteiger charge is -2.28. The van der Waals surface area contributed by atoms with Crippen LogP contribution in [0.15, 0.2) is 18.7 Å². The number of hydrogen-bond donors (Lipinski definition) is 0. The van der Waals surface area contributed by atoms with E-state index in [1.807, 2.05) is 15.7 Å². The molecule has 5 nitrogen and oxygen atoms in total.